The number of nitrogens with zero attached hydrogens (tertiary/aromatic N) is 1. The minimum atomic E-state index is 0. The van der Waals surface area contributed by atoms with Gasteiger partial charge >= 0.3 is 0 Å². The highest BCUT2D eigenvalue weighted by molar-refractivity contribution is 5.85. The van der Waals surface area contributed by atoms with Gasteiger partial charge in [-0.15, -0.1) is 12.4 Å². The number of aromatic nitrogens is 1. The summed E-state index contributed by atoms with van der Waals surface area (Å²) in [6.45, 7) is 10.5. The molecule has 174 valence electrons. The Morgan fingerprint density at radius 1 is 1.16 bits per heavy atom. The number of nitrogens with one attached hydrogen (secondary N) is 2. The Balaban J connectivity index is 0.00000289. The van der Waals surface area contributed by atoms with Gasteiger partial charge in [-0.05, 0) is 85.5 Å². The van der Waals surface area contributed by atoms with Crippen LogP contribution in [0.15, 0.2) is 46.9 Å². The summed E-state index contributed by atoms with van der Waals surface area (Å²) in [4.78, 5) is 4.56. The molecule has 1 atom stereocenters. The Bertz CT molecular complexity index is 990. The average molecular weight is 458 g/mol. The van der Waals surface area contributed by atoms with E-state index in [0.717, 1.165) is 62.4 Å². The van der Waals surface area contributed by atoms with Crippen molar-refractivity contribution in [2.45, 2.75) is 51.9 Å². The van der Waals surface area contributed by atoms with Crippen molar-refractivity contribution in [1.82, 2.24) is 10.3 Å². The number of oxazole rings is 1. The van der Waals surface area contributed by atoms with Gasteiger partial charge in [0, 0.05) is 6.54 Å². The number of halogens is 1. The zero-order valence-corrected chi connectivity index (χ0v) is 20.3. The summed E-state index contributed by atoms with van der Waals surface area (Å²) < 4.78 is 11.9. The van der Waals surface area contributed by atoms with Crippen molar-refractivity contribution in [2.75, 3.05) is 31.6 Å². The van der Waals surface area contributed by atoms with Crippen LogP contribution >= 0.6 is 12.4 Å². The van der Waals surface area contributed by atoms with Crippen LogP contribution in [0.5, 0.6) is 5.75 Å². The maximum Gasteiger partial charge on any atom is 0.295 e. The summed E-state index contributed by atoms with van der Waals surface area (Å²) in [5.74, 6) is 1.62. The van der Waals surface area contributed by atoms with Gasteiger partial charge < -0.3 is 19.8 Å². The first-order valence-electron chi connectivity index (χ1n) is 11.5. The number of hydrogen-bond donors (Lipinski definition) is 2. The predicted octanol–water partition coefficient (Wildman–Crippen LogP) is 5.97. The van der Waals surface area contributed by atoms with Gasteiger partial charge in [0.1, 0.15) is 11.3 Å². The van der Waals surface area contributed by atoms with E-state index in [1.807, 2.05) is 6.07 Å². The Kier molecular flexibility index (Phi) is 8.44. The molecule has 6 heteroatoms. The lowest BCUT2D eigenvalue weighted by Crippen LogP contribution is -2.17. The molecule has 0 saturated carbocycles. The molecule has 2 aromatic carbocycles. The van der Waals surface area contributed by atoms with Gasteiger partial charge in [0.15, 0.2) is 5.58 Å². The average Bonchev–Trinajstić information content (AvgIpc) is 3.40. The highest BCUT2D eigenvalue weighted by Crippen LogP contribution is 2.26. The molecular formula is C26H36ClN3O2. The molecule has 2 N–H and O–H groups in total. The molecule has 5 nitrogen and oxygen atoms in total. The van der Waals surface area contributed by atoms with E-state index in [9.17, 15) is 0 Å². The van der Waals surface area contributed by atoms with E-state index in [1.54, 1.807) is 0 Å². The molecule has 2 heterocycles. The fourth-order valence-corrected chi connectivity index (χ4v) is 3.99. The lowest BCUT2D eigenvalue weighted by atomic mass is 9.87. The highest BCUT2D eigenvalue weighted by atomic mass is 35.5. The molecule has 0 bridgehead atoms. The van der Waals surface area contributed by atoms with E-state index in [-0.39, 0.29) is 17.8 Å². The number of hydrogen-bond acceptors (Lipinski definition) is 5. The van der Waals surface area contributed by atoms with Crippen molar-refractivity contribution in [3.8, 4) is 5.75 Å². The maximum atomic E-state index is 5.98. The summed E-state index contributed by atoms with van der Waals surface area (Å²) >= 11 is 0. The van der Waals surface area contributed by atoms with Crippen LogP contribution in [0.25, 0.3) is 11.1 Å². The van der Waals surface area contributed by atoms with Crippen molar-refractivity contribution in [2.24, 2.45) is 5.92 Å². The van der Waals surface area contributed by atoms with Crippen LogP contribution < -0.4 is 15.4 Å². The summed E-state index contributed by atoms with van der Waals surface area (Å²) in [6, 6.07) is 15.4. The SMILES string of the molecule is CC(C)(C)c1cccc(OCCCCc2ccc3nc(NC[C@@H]4CCNC4)oc3c2)c1.Cl. The van der Waals surface area contributed by atoms with E-state index >= 15 is 0 Å². The Morgan fingerprint density at radius 3 is 2.81 bits per heavy atom. The third-order valence-corrected chi connectivity index (χ3v) is 5.99. The summed E-state index contributed by atoms with van der Waals surface area (Å²) in [7, 11) is 0. The molecular weight excluding hydrogens is 422 g/mol. The largest absolute Gasteiger partial charge is 0.494 e. The van der Waals surface area contributed by atoms with E-state index in [2.05, 4.69) is 72.8 Å². The zero-order chi connectivity index (χ0) is 21.7. The summed E-state index contributed by atoms with van der Waals surface area (Å²) in [5, 5.41) is 6.74. The quantitative estimate of drug-likeness (QED) is 0.387. The first-order chi connectivity index (χ1) is 15.0. The molecule has 0 amide bonds. The van der Waals surface area contributed by atoms with E-state index in [1.165, 1.54) is 17.5 Å². The Labute approximate surface area is 197 Å². The van der Waals surface area contributed by atoms with E-state index < -0.39 is 0 Å². The van der Waals surface area contributed by atoms with Crippen molar-refractivity contribution in [3.05, 3.63) is 53.6 Å². The Morgan fingerprint density at radius 2 is 2.03 bits per heavy atom. The molecule has 4 rings (SSSR count). The summed E-state index contributed by atoms with van der Waals surface area (Å²) in [5.41, 5.74) is 4.50. The fraction of sp³-hybridized carbons (Fsp3) is 0.500. The third kappa shape index (κ3) is 6.63. The van der Waals surface area contributed by atoms with Crippen LogP contribution in [0, 0.1) is 5.92 Å². The second-order valence-corrected chi connectivity index (χ2v) is 9.64. The van der Waals surface area contributed by atoms with Crippen molar-refractivity contribution in [3.63, 3.8) is 0 Å². The maximum absolute atomic E-state index is 5.98. The molecule has 3 aromatic rings. The van der Waals surface area contributed by atoms with Crippen LogP contribution in [0.1, 0.15) is 51.2 Å². The number of rotatable bonds is 9. The van der Waals surface area contributed by atoms with Crippen LogP contribution in [0.3, 0.4) is 0 Å². The number of aryl methyl sites for hydroxylation is 1. The molecule has 32 heavy (non-hydrogen) atoms. The predicted molar refractivity (Wildman–Crippen MR) is 134 cm³/mol. The van der Waals surface area contributed by atoms with Gasteiger partial charge in [-0.3, -0.25) is 0 Å². The zero-order valence-electron chi connectivity index (χ0n) is 19.4. The van der Waals surface area contributed by atoms with Crippen molar-refractivity contribution in [1.29, 1.82) is 0 Å². The lowest BCUT2D eigenvalue weighted by Gasteiger charge is -2.19. The van der Waals surface area contributed by atoms with Crippen molar-refractivity contribution >= 4 is 29.5 Å². The third-order valence-electron chi connectivity index (χ3n) is 5.99. The number of anilines is 1. The Hall–Kier alpha value is -2.24. The number of unbranched alkanes of at least 4 members (excludes halogenated alkanes) is 1. The molecule has 0 radical (unpaired) electrons. The first kappa shape index (κ1) is 24.4. The molecule has 1 aliphatic rings. The van der Waals surface area contributed by atoms with Gasteiger partial charge in [0.05, 0.1) is 6.61 Å². The second-order valence-electron chi connectivity index (χ2n) is 9.64. The van der Waals surface area contributed by atoms with Gasteiger partial charge in [-0.2, -0.15) is 4.98 Å². The van der Waals surface area contributed by atoms with E-state index in [0.29, 0.717) is 11.9 Å². The summed E-state index contributed by atoms with van der Waals surface area (Å²) in [6.07, 6.45) is 4.33. The molecule has 1 aromatic heterocycles. The monoisotopic (exact) mass is 457 g/mol. The fourth-order valence-electron chi connectivity index (χ4n) is 3.99. The number of ether oxygens (including phenoxy) is 1. The smallest absolute Gasteiger partial charge is 0.295 e. The van der Waals surface area contributed by atoms with Gasteiger partial charge in [0.2, 0.25) is 0 Å². The topological polar surface area (TPSA) is 59.3 Å². The molecule has 0 spiro atoms. The van der Waals surface area contributed by atoms with Gasteiger partial charge in [0.25, 0.3) is 6.01 Å². The van der Waals surface area contributed by atoms with Crippen LogP contribution in [-0.4, -0.2) is 31.2 Å². The first-order valence-corrected chi connectivity index (χ1v) is 11.5. The number of fused-ring (bicyclic) bond motifs is 1. The van der Waals surface area contributed by atoms with Crippen LogP contribution in [0.4, 0.5) is 6.01 Å². The number of benzene rings is 2. The standard InChI is InChI=1S/C26H35N3O2.ClH/c1-26(2,3)21-8-6-9-22(16-21)30-14-5-4-7-19-10-11-23-24(15-19)31-25(29-23)28-18-20-12-13-27-17-20;/h6,8-11,15-16,20,27H,4-5,7,12-14,17-18H2,1-3H3,(H,28,29);1H/t20-;/m1./s1. The lowest BCUT2D eigenvalue weighted by molar-refractivity contribution is 0.306. The molecule has 1 aliphatic heterocycles. The molecule has 1 fully saturated rings. The highest BCUT2D eigenvalue weighted by Gasteiger charge is 2.16. The van der Waals surface area contributed by atoms with Crippen LogP contribution in [0.2, 0.25) is 0 Å². The minimum absolute atomic E-state index is 0. The van der Waals surface area contributed by atoms with Gasteiger partial charge in [-0.25, -0.2) is 0 Å². The molecule has 0 aliphatic carbocycles. The molecule has 0 unspecified atom stereocenters. The van der Waals surface area contributed by atoms with Crippen molar-refractivity contribution < 1.29 is 9.15 Å². The minimum Gasteiger partial charge on any atom is -0.494 e. The second kappa shape index (κ2) is 11.1. The van der Waals surface area contributed by atoms with Gasteiger partial charge in [-0.1, -0.05) is 39.0 Å². The normalized spacial score (nSPS) is 16.2. The van der Waals surface area contributed by atoms with E-state index in [4.69, 9.17) is 9.15 Å². The van der Waals surface area contributed by atoms with Crippen LogP contribution in [-0.2, 0) is 11.8 Å². The molecule has 1 saturated heterocycles.